The molecule has 0 aromatic carbocycles. The standard InChI is InChI=1S/C20H29FN2OS/c21-18-12-17(13-22-19(18)16-4-2-1-3-5-16)24-11-10-23-8-6-20(7-9-23)14-25-15-20/h12-13,16H,1-11,14-15H2. The Morgan fingerprint density at radius 2 is 1.96 bits per heavy atom. The molecule has 0 amide bonds. The van der Waals surface area contributed by atoms with Crippen molar-refractivity contribution in [1.82, 2.24) is 9.88 Å². The van der Waals surface area contributed by atoms with Crippen molar-refractivity contribution in [3.05, 3.63) is 23.8 Å². The maximum atomic E-state index is 14.4. The van der Waals surface area contributed by atoms with E-state index in [0.717, 1.165) is 19.4 Å². The topological polar surface area (TPSA) is 25.4 Å². The van der Waals surface area contributed by atoms with Crippen molar-refractivity contribution in [2.24, 2.45) is 5.41 Å². The molecule has 3 nitrogen and oxygen atoms in total. The first-order chi connectivity index (χ1) is 12.2. The fraction of sp³-hybridized carbons (Fsp3) is 0.750. The molecule has 1 aromatic rings. The summed E-state index contributed by atoms with van der Waals surface area (Å²) in [4.78, 5) is 6.87. The van der Waals surface area contributed by atoms with Crippen molar-refractivity contribution in [2.75, 3.05) is 37.7 Å². The highest BCUT2D eigenvalue weighted by Gasteiger charge is 2.40. The number of hydrogen-bond donors (Lipinski definition) is 0. The number of ether oxygens (including phenoxy) is 1. The van der Waals surface area contributed by atoms with Crippen LogP contribution in [0.1, 0.15) is 56.6 Å². The highest BCUT2D eigenvalue weighted by molar-refractivity contribution is 8.00. The predicted molar refractivity (Wildman–Crippen MR) is 101 cm³/mol. The van der Waals surface area contributed by atoms with Gasteiger partial charge in [0, 0.05) is 18.5 Å². The Bertz CT molecular complexity index is 577. The molecule has 1 aromatic heterocycles. The zero-order chi connectivity index (χ0) is 17.1. The summed E-state index contributed by atoms with van der Waals surface area (Å²) in [5.74, 6) is 3.39. The first kappa shape index (κ1) is 17.6. The van der Waals surface area contributed by atoms with E-state index in [0.29, 0.717) is 29.4 Å². The van der Waals surface area contributed by atoms with Gasteiger partial charge in [0.2, 0.25) is 0 Å². The Hall–Kier alpha value is -0.810. The molecule has 3 aliphatic rings. The van der Waals surface area contributed by atoms with Crippen molar-refractivity contribution >= 4 is 11.8 Å². The van der Waals surface area contributed by atoms with E-state index in [2.05, 4.69) is 21.6 Å². The summed E-state index contributed by atoms with van der Waals surface area (Å²) in [5, 5.41) is 0. The molecule has 138 valence electrons. The van der Waals surface area contributed by atoms with Crippen LogP contribution in [0.2, 0.25) is 0 Å². The zero-order valence-corrected chi connectivity index (χ0v) is 15.8. The molecule has 0 N–H and O–H groups in total. The van der Waals surface area contributed by atoms with Crippen molar-refractivity contribution in [1.29, 1.82) is 0 Å². The Labute approximate surface area is 154 Å². The number of halogens is 1. The van der Waals surface area contributed by atoms with Crippen molar-refractivity contribution in [2.45, 2.75) is 50.9 Å². The summed E-state index contributed by atoms with van der Waals surface area (Å²) in [6.45, 7) is 3.90. The van der Waals surface area contributed by atoms with E-state index in [1.807, 2.05) is 0 Å². The molecular weight excluding hydrogens is 335 g/mol. The van der Waals surface area contributed by atoms with Gasteiger partial charge in [0.25, 0.3) is 0 Å². The molecule has 5 heteroatoms. The van der Waals surface area contributed by atoms with Gasteiger partial charge in [0.1, 0.15) is 18.2 Å². The van der Waals surface area contributed by atoms with E-state index < -0.39 is 0 Å². The average molecular weight is 365 g/mol. The van der Waals surface area contributed by atoms with Crippen LogP contribution in [0.4, 0.5) is 4.39 Å². The molecule has 0 atom stereocenters. The number of likely N-dealkylation sites (tertiary alicyclic amines) is 1. The van der Waals surface area contributed by atoms with E-state index in [9.17, 15) is 4.39 Å². The van der Waals surface area contributed by atoms with E-state index >= 15 is 0 Å². The Morgan fingerprint density at radius 1 is 1.20 bits per heavy atom. The lowest BCUT2D eigenvalue weighted by molar-refractivity contribution is 0.115. The molecule has 0 bridgehead atoms. The van der Waals surface area contributed by atoms with Gasteiger partial charge in [-0.2, -0.15) is 11.8 Å². The minimum absolute atomic E-state index is 0.188. The highest BCUT2D eigenvalue weighted by atomic mass is 32.2. The van der Waals surface area contributed by atoms with E-state index in [4.69, 9.17) is 4.74 Å². The minimum atomic E-state index is -0.188. The third-order valence-electron chi connectivity index (χ3n) is 6.25. The van der Waals surface area contributed by atoms with Gasteiger partial charge in [0.15, 0.2) is 0 Å². The number of aromatic nitrogens is 1. The van der Waals surface area contributed by atoms with Crippen LogP contribution in [-0.4, -0.2) is 47.6 Å². The molecule has 2 aliphatic heterocycles. The predicted octanol–water partition coefficient (Wildman–Crippen LogP) is 4.48. The maximum Gasteiger partial charge on any atom is 0.148 e. The first-order valence-corrected chi connectivity index (χ1v) is 11.0. The molecule has 1 saturated carbocycles. The van der Waals surface area contributed by atoms with Crippen LogP contribution < -0.4 is 4.74 Å². The number of pyridine rings is 1. The molecule has 3 fully saturated rings. The maximum absolute atomic E-state index is 14.4. The lowest BCUT2D eigenvalue weighted by atomic mass is 9.81. The van der Waals surface area contributed by atoms with Gasteiger partial charge in [0.05, 0.1) is 11.9 Å². The molecule has 4 rings (SSSR count). The quantitative estimate of drug-likeness (QED) is 0.769. The second-order valence-corrected chi connectivity index (χ2v) is 9.04. The van der Waals surface area contributed by atoms with Gasteiger partial charge in [-0.1, -0.05) is 19.3 Å². The number of rotatable bonds is 5. The van der Waals surface area contributed by atoms with Crippen LogP contribution in [0, 0.1) is 11.2 Å². The third-order valence-corrected chi connectivity index (χ3v) is 7.88. The molecule has 1 aliphatic carbocycles. The van der Waals surface area contributed by atoms with E-state index in [1.54, 1.807) is 6.20 Å². The third kappa shape index (κ3) is 4.13. The van der Waals surface area contributed by atoms with Gasteiger partial charge >= 0.3 is 0 Å². The van der Waals surface area contributed by atoms with Crippen molar-refractivity contribution in [3.63, 3.8) is 0 Å². The van der Waals surface area contributed by atoms with Crippen molar-refractivity contribution < 1.29 is 9.13 Å². The van der Waals surface area contributed by atoms with Crippen LogP contribution in [-0.2, 0) is 0 Å². The highest BCUT2D eigenvalue weighted by Crippen LogP contribution is 2.45. The monoisotopic (exact) mass is 364 g/mol. The Balaban J connectivity index is 1.23. The number of nitrogens with zero attached hydrogens (tertiary/aromatic N) is 2. The summed E-state index contributed by atoms with van der Waals surface area (Å²) in [5.41, 5.74) is 1.30. The lowest BCUT2D eigenvalue weighted by Gasteiger charge is -2.47. The summed E-state index contributed by atoms with van der Waals surface area (Å²) in [6.07, 6.45) is 10.2. The number of hydrogen-bond acceptors (Lipinski definition) is 4. The molecule has 25 heavy (non-hydrogen) atoms. The van der Waals surface area contributed by atoms with Crippen LogP contribution in [0.25, 0.3) is 0 Å². The Morgan fingerprint density at radius 3 is 2.60 bits per heavy atom. The lowest BCUT2D eigenvalue weighted by Crippen LogP contribution is -2.47. The molecule has 0 radical (unpaired) electrons. The van der Waals surface area contributed by atoms with Crippen LogP contribution in [0.15, 0.2) is 12.3 Å². The largest absolute Gasteiger partial charge is 0.491 e. The average Bonchev–Trinajstić information content (AvgIpc) is 2.62. The second kappa shape index (κ2) is 7.83. The zero-order valence-electron chi connectivity index (χ0n) is 15.0. The van der Waals surface area contributed by atoms with E-state index in [1.165, 1.54) is 62.8 Å². The van der Waals surface area contributed by atoms with Gasteiger partial charge in [-0.05, 0) is 55.7 Å². The van der Waals surface area contributed by atoms with Crippen molar-refractivity contribution in [3.8, 4) is 5.75 Å². The van der Waals surface area contributed by atoms with E-state index in [-0.39, 0.29) is 5.82 Å². The second-order valence-electron chi connectivity index (χ2n) is 8.06. The smallest absolute Gasteiger partial charge is 0.148 e. The molecule has 1 spiro atoms. The van der Waals surface area contributed by atoms with Crippen LogP contribution in [0.3, 0.4) is 0 Å². The van der Waals surface area contributed by atoms with Crippen LogP contribution in [0.5, 0.6) is 5.75 Å². The molecule has 0 unspecified atom stereocenters. The van der Waals surface area contributed by atoms with Gasteiger partial charge in [-0.25, -0.2) is 4.39 Å². The molecule has 2 saturated heterocycles. The normalized spacial score (nSPS) is 24.2. The Kier molecular flexibility index (Phi) is 5.51. The van der Waals surface area contributed by atoms with Gasteiger partial charge in [-0.15, -0.1) is 0 Å². The summed E-state index contributed by atoms with van der Waals surface area (Å²) >= 11 is 2.09. The summed E-state index contributed by atoms with van der Waals surface area (Å²) in [6, 6.07) is 1.54. The fourth-order valence-electron chi connectivity index (χ4n) is 4.41. The number of thioether (sulfide) groups is 1. The fourth-order valence-corrected chi connectivity index (χ4v) is 5.77. The van der Waals surface area contributed by atoms with Gasteiger partial charge in [-0.3, -0.25) is 9.88 Å². The summed E-state index contributed by atoms with van der Waals surface area (Å²) < 4.78 is 20.2. The van der Waals surface area contributed by atoms with Gasteiger partial charge < -0.3 is 4.74 Å². The molecule has 3 heterocycles. The summed E-state index contributed by atoms with van der Waals surface area (Å²) in [7, 11) is 0. The SMILES string of the molecule is Fc1cc(OCCN2CCC3(CC2)CSC3)cnc1C1CCCCC1. The molecular formula is C20H29FN2OS. The minimum Gasteiger partial charge on any atom is -0.491 e. The van der Waals surface area contributed by atoms with Crippen LogP contribution >= 0.6 is 11.8 Å². The number of piperidine rings is 1. The first-order valence-electron chi connectivity index (χ1n) is 9.83.